The molecule has 0 aliphatic rings. The molecular weight excluding hydrogens is 287 g/mol. The van der Waals surface area contributed by atoms with Gasteiger partial charge in [-0.1, -0.05) is 12.1 Å². The third-order valence-electron chi connectivity index (χ3n) is 2.99. The quantitative estimate of drug-likeness (QED) is 0.849. The molecule has 0 atom stereocenters. The number of anilines is 1. The number of rotatable bonds is 6. The molecule has 0 aliphatic carbocycles. The molecule has 2 N–H and O–H groups in total. The van der Waals surface area contributed by atoms with Gasteiger partial charge in [0.25, 0.3) is 0 Å². The number of halogens is 1. The van der Waals surface area contributed by atoms with Crippen LogP contribution in [-0.2, 0) is 0 Å². The normalized spacial score (nSPS) is 10.7. The van der Waals surface area contributed by atoms with E-state index in [1.54, 1.807) is 0 Å². The molecule has 7 heteroatoms. The van der Waals surface area contributed by atoms with E-state index >= 15 is 0 Å². The van der Waals surface area contributed by atoms with Gasteiger partial charge in [0.1, 0.15) is 5.82 Å². The highest BCUT2D eigenvalue weighted by Gasteiger charge is 2.15. The lowest BCUT2D eigenvalue weighted by atomic mass is 10.1. The molecule has 0 bridgehead atoms. The van der Waals surface area contributed by atoms with E-state index in [0.717, 1.165) is 6.54 Å². The number of hydrogen-bond donors (Lipinski definition) is 2. The highest BCUT2D eigenvalue weighted by molar-refractivity contribution is 5.94. The molecule has 6 nitrogen and oxygen atoms in total. The van der Waals surface area contributed by atoms with Crippen molar-refractivity contribution in [2.45, 2.75) is 0 Å². The second-order valence-electron chi connectivity index (χ2n) is 5.00. The Kier molecular flexibility index (Phi) is 5.00. The van der Waals surface area contributed by atoms with Gasteiger partial charge in [-0.15, -0.1) is 0 Å². The van der Waals surface area contributed by atoms with Crippen LogP contribution in [0.1, 0.15) is 10.5 Å². The number of benzene rings is 1. The molecule has 0 saturated heterocycles. The summed E-state index contributed by atoms with van der Waals surface area (Å²) in [5, 5.41) is 12.3. The number of carboxylic acid groups (broad SMARTS) is 1. The second kappa shape index (κ2) is 6.95. The molecule has 0 unspecified atom stereocenters. The van der Waals surface area contributed by atoms with Crippen LogP contribution in [0.3, 0.4) is 0 Å². The number of carboxylic acids is 1. The van der Waals surface area contributed by atoms with Crippen molar-refractivity contribution >= 4 is 11.9 Å². The lowest BCUT2D eigenvalue weighted by Gasteiger charge is -2.11. The van der Waals surface area contributed by atoms with E-state index in [4.69, 9.17) is 0 Å². The van der Waals surface area contributed by atoms with Gasteiger partial charge >= 0.3 is 5.97 Å². The molecule has 2 rings (SSSR count). The van der Waals surface area contributed by atoms with Crippen molar-refractivity contribution in [3.63, 3.8) is 0 Å². The van der Waals surface area contributed by atoms with Crippen molar-refractivity contribution < 1.29 is 14.3 Å². The highest BCUT2D eigenvalue weighted by Crippen LogP contribution is 2.23. The van der Waals surface area contributed by atoms with E-state index in [1.807, 2.05) is 19.0 Å². The summed E-state index contributed by atoms with van der Waals surface area (Å²) in [6.07, 6.45) is 1.43. The number of aromatic carboxylic acids is 1. The topological polar surface area (TPSA) is 78.4 Å². The summed E-state index contributed by atoms with van der Waals surface area (Å²) < 4.78 is 13.0. The van der Waals surface area contributed by atoms with Gasteiger partial charge in [-0.25, -0.2) is 19.2 Å². The van der Waals surface area contributed by atoms with E-state index in [1.165, 1.54) is 30.5 Å². The smallest absolute Gasteiger partial charge is 0.355 e. The molecule has 0 saturated carbocycles. The van der Waals surface area contributed by atoms with Gasteiger partial charge in [0.05, 0.1) is 0 Å². The fourth-order valence-electron chi connectivity index (χ4n) is 1.86. The molecule has 116 valence electrons. The Labute approximate surface area is 127 Å². The SMILES string of the molecule is CN(C)CCNc1ncc(-c2ccc(F)cc2)c(C(=O)O)n1. The third kappa shape index (κ3) is 3.98. The van der Waals surface area contributed by atoms with Crippen molar-refractivity contribution in [1.82, 2.24) is 14.9 Å². The summed E-state index contributed by atoms with van der Waals surface area (Å²) in [7, 11) is 3.87. The zero-order valence-corrected chi connectivity index (χ0v) is 12.4. The zero-order valence-electron chi connectivity index (χ0n) is 12.4. The maximum absolute atomic E-state index is 13.0. The molecule has 2 aromatic rings. The fraction of sp³-hybridized carbons (Fsp3) is 0.267. The first kappa shape index (κ1) is 15.8. The highest BCUT2D eigenvalue weighted by atomic mass is 19.1. The predicted octanol–water partition coefficient (Wildman–Crippen LogP) is 1.95. The summed E-state index contributed by atoms with van der Waals surface area (Å²) in [4.78, 5) is 21.5. The number of nitrogens with one attached hydrogen (secondary N) is 1. The average Bonchev–Trinajstić information content (AvgIpc) is 2.47. The minimum Gasteiger partial charge on any atom is -0.476 e. The van der Waals surface area contributed by atoms with E-state index < -0.39 is 5.97 Å². The van der Waals surface area contributed by atoms with Gasteiger partial charge < -0.3 is 15.3 Å². The van der Waals surface area contributed by atoms with Gasteiger partial charge in [-0.05, 0) is 31.8 Å². The van der Waals surface area contributed by atoms with Crippen LogP contribution in [0, 0.1) is 5.82 Å². The molecule has 0 fully saturated rings. The van der Waals surface area contributed by atoms with Crippen LogP contribution in [0.4, 0.5) is 10.3 Å². The van der Waals surface area contributed by atoms with Crippen LogP contribution < -0.4 is 5.32 Å². The van der Waals surface area contributed by atoms with Crippen LogP contribution in [-0.4, -0.2) is 53.1 Å². The van der Waals surface area contributed by atoms with E-state index in [9.17, 15) is 14.3 Å². The molecule has 22 heavy (non-hydrogen) atoms. The van der Waals surface area contributed by atoms with Crippen LogP contribution in [0.5, 0.6) is 0 Å². The number of carbonyl (C=O) groups is 1. The fourth-order valence-corrected chi connectivity index (χ4v) is 1.86. The van der Waals surface area contributed by atoms with Crippen LogP contribution in [0.15, 0.2) is 30.5 Å². The Morgan fingerprint density at radius 3 is 2.59 bits per heavy atom. The lowest BCUT2D eigenvalue weighted by molar-refractivity contribution is 0.0691. The Bertz CT molecular complexity index is 659. The number of likely N-dealkylation sites (N-methyl/N-ethyl adjacent to an activating group) is 1. The molecule has 1 heterocycles. The first-order valence-electron chi connectivity index (χ1n) is 6.72. The Hall–Kier alpha value is -2.54. The third-order valence-corrected chi connectivity index (χ3v) is 2.99. The monoisotopic (exact) mass is 304 g/mol. The molecule has 0 spiro atoms. The van der Waals surface area contributed by atoms with E-state index in [0.29, 0.717) is 17.7 Å². The maximum atomic E-state index is 13.0. The summed E-state index contributed by atoms with van der Waals surface area (Å²) >= 11 is 0. The second-order valence-corrected chi connectivity index (χ2v) is 5.00. The first-order valence-corrected chi connectivity index (χ1v) is 6.72. The molecule has 1 aromatic heterocycles. The first-order chi connectivity index (χ1) is 10.5. The zero-order chi connectivity index (χ0) is 16.1. The van der Waals surface area contributed by atoms with E-state index in [-0.39, 0.29) is 17.5 Å². The number of nitrogens with zero attached hydrogens (tertiary/aromatic N) is 3. The van der Waals surface area contributed by atoms with Crippen LogP contribution in [0.25, 0.3) is 11.1 Å². The van der Waals surface area contributed by atoms with Crippen LogP contribution in [0.2, 0.25) is 0 Å². The number of hydrogen-bond acceptors (Lipinski definition) is 5. The molecular formula is C15H17FN4O2. The minimum atomic E-state index is -1.16. The van der Waals surface area contributed by atoms with Crippen molar-refractivity contribution in [1.29, 1.82) is 0 Å². The Balaban J connectivity index is 2.27. The molecule has 0 aliphatic heterocycles. The van der Waals surface area contributed by atoms with E-state index in [2.05, 4.69) is 15.3 Å². The molecule has 0 radical (unpaired) electrons. The van der Waals surface area contributed by atoms with Crippen molar-refractivity contribution in [2.75, 3.05) is 32.5 Å². The van der Waals surface area contributed by atoms with Gasteiger partial charge in [0, 0.05) is 24.8 Å². The number of aromatic nitrogens is 2. The molecule has 0 amide bonds. The summed E-state index contributed by atoms with van der Waals surface area (Å²) in [5.74, 6) is -1.29. The molecule has 1 aromatic carbocycles. The van der Waals surface area contributed by atoms with Gasteiger partial charge in [0.15, 0.2) is 5.69 Å². The summed E-state index contributed by atoms with van der Waals surface area (Å²) in [6.45, 7) is 1.37. The average molecular weight is 304 g/mol. The summed E-state index contributed by atoms with van der Waals surface area (Å²) in [6, 6.07) is 5.54. The maximum Gasteiger partial charge on any atom is 0.355 e. The Morgan fingerprint density at radius 1 is 1.32 bits per heavy atom. The van der Waals surface area contributed by atoms with Gasteiger partial charge in [-0.2, -0.15) is 0 Å². The van der Waals surface area contributed by atoms with Crippen molar-refractivity contribution in [2.24, 2.45) is 0 Å². The largest absolute Gasteiger partial charge is 0.476 e. The van der Waals surface area contributed by atoms with Crippen molar-refractivity contribution in [3.05, 3.63) is 42.0 Å². The predicted molar refractivity (Wildman–Crippen MR) is 81.4 cm³/mol. The minimum absolute atomic E-state index is 0.117. The van der Waals surface area contributed by atoms with Gasteiger partial charge in [0.2, 0.25) is 5.95 Å². The van der Waals surface area contributed by atoms with Crippen LogP contribution >= 0.6 is 0 Å². The lowest BCUT2D eigenvalue weighted by Crippen LogP contribution is -2.22. The standard InChI is InChI=1S/C15H17FN4O2/c1-20(2)8-7-17-15-18-9-12(13(19-15)14(21)22)10-3-5-11(16)6-4-10/h3-6,9H,7-8H2,1-2H3,(H,21,22)(H,17,18,19). The van der Waals surface area contributed by atoms with Crippen molar-refractivity contribution in [3.8, 4) is 11.1 Å². The summed E-state index contributed by atoms with van der Waals surface area (Å²) in [5.41, 5.74) is 0.790. The Morgan fingerprint density at radius 2 is 2.00 bits per heavy atom. The van der Waals surface area contributed by atoms with Gasteiger partial charge in [-0.3, -0.25) is 0 Å².